The van der Waals surface area contributed by atoms with Gasteiger partial charge in [0.15, 0.2) is 0 Å². The molecule has 0 saturated carbocycles. The zero-order valence-electron chi connectivity index (χ0n) is 17.6. The molecule has 0 aliphatic carbocycles. The highest BCUT2D eigenvalue weighted by atomic mass is 19.4. The Morgan fingerprint density at radius 2 is 1.70 bits per heavy atom. The number of carbonyl (C=O) groups is 1. The Balaban J connectivity index is 1.80. The average Bonchev–Trinajstić information content (AvgIpc) is 2.72. The van der Waals surface area contributed by atoms with E-state index >= 15 is 0 Å². The summed E-state index contributed by atoms with van der Waals surface area (Å²) in [4.78, 5) is 13.7. The van der Waals surface area contributed by atoms with Crippen LogP contribution in [0, 0.1) is 0 Å². The highest BCUT2D eigenvalue weighted by molar-refractivity contribution is 5.92. The molecule has 1 aliphatic heterocycles. The predicted octanol–water partition coefficient (Wildman–Crippen LogP) is 4.54. The van der Waals surface area contributed by atoms with Crippen molar-refractivity contribution >= 4 is 17.3 Å². The summed E-state index contributed by atoms with van der Waals surface area (Å²) in [5.74, 6) is -0.303. The zero-order chi connectivity index (χ0) is 24.4. The molecule has 2 N–H and O–H groups in total. The van der Waals surface area contributed by atoms with Crippen LogP contribution in [0.15, 0.2) is 42.5 Å². The molecule has 0 spiro atoms. The molecule has 1 aliphatic rings. The number of nitrogens with zero attached hydrogens (tertiary/aromatic N) is 1. The van der Waals surface area contributed by atoms with Gasteiger partial charge in [0.05, 0.1) is 0 Å². The van der Waals surface area contributed by atoms with E-state index in [2.05, 4.69) is 5.32 Å². The number of ether oxygens (including phenoxy) is 1. The highest BCUT2D eigenvalue weighted by Crippen LogP contribution is 2.50. The van der Waals surface area contributed by atoms with Crippen LogP contribution in [0.2, 0.25) is 0 Å². The molecule has 0 fully saturated rings. The third-order valence-corrected chi connectivity index (χ3v) is 5.42. The molecule has 33 heavy (non-hydrogen) atoms. The van der Waals surface area contributed by atoms with Crippen LogP contribution in [0.3, 0.4) is 0 Å². The Bertz CT molecular complexity index is 975. The van der Waals surface area contributed by atoms with E-state index in [1.54, 1.807) is 12.1 Å². The van der Waals surface area contributed by atoms with E-state index in [9.17, 15) is 36.2 Å². The van der Waals surface area contributed by atoms with E-state index < -0.39 is 23.5 Å². The van der Waals surface area contributed by atoms with Gasteiger partial charge in [0.2, 0.25) is 5.91 Å². The van der Waals surface area contributed by atoms with Gasteiger partial charge in [0.1, 0.15) is 6.61 Å². The average molecular weight is 476 g/mol. The molecule has 180 valence electrons. The van der Waals surface area contributed by atoms with Crippen molar-refractivity contribution in [1.29, 1.82) is 0 Å². The molecule has 3 rings (SSSR count). The Hall–Kier alpha value is -2.79. The predicted molar refractivity (Wildman–Crippen MR) is 109 cm³/mol. The molecule has 2 aromatic rings. The summed E-state index contributed by atoms with van der Waals surface area (Å²) in [6.45, 7) is 0.801. The molecular weight excluding hydrogens is 454 g/mol. The van der Waals surface area contributed by atoms with Gasteiger partial charge in [-0.25, -0.2) is 0 Å². The standard InChI is InChI=1S/C22H22F6N2O3/c1-33-13-19(31)29-17-8-9-18-15(11-17)3-2-10-30(18)12-14-4-6-16(7-5-14)20(32,21(23,24)25)22(26,27)28/h4-9,11,32H,2-3,10,12-13H2,1H3,(H,29,31). The summed E-state index contributed by atoms with van der Waals surface area (Å²) in [7, 11) is 1.41. The fourth-order valence-corrected chi connectivity index (χ4v) is 3.81. The van der Waals surface area contributed by atoms with Gasteiger partial charge in [-0.3, -0.25) is 4.79 Å². The fraction of sp³-hybridized carbons (Fsp3) is 0.409. The van der Waals surface area contributed by atoms with Crippen LogP contribution in [0.1, 0.15) is 23.1 Å². The SMILES string of the molecule is COCC(=O)Nc1ccc2c(c1)CCCN2Cc1ccc(C(O)(C(F)(F)F)C(F)(F)F)cc1. The summed E-state index contributed by atoms with van der Waals surface area (Å²) >= 11 is 0. The molecule has 1 amide bonds. The van der Waals surface area contributed by atoms with Gasteiger partial charge < -0.3 is 20.1 Å². The minimum absolute atomic E-state index is 0.0863. The summed E-state index contributed by atoms with van der Waals surface area (Å²) in [6, 6.07) is 8.92. The number of carbonyl (C=O) groups excluding carboxylic acids is 1. The minimum Gasteiger partial charge on any atom is -0.375 e. The number of halogens is 6. The third-order valence-electron chi connectivity index (χ3n) is 5.42. The van der Waals surface area contributed by atoms with Crippen molar-refractivity contribution in [2.75, 3.05) is 30.5 Å². The Labute approximate surface area is 186 Å². The van der Waals surface area contributed by atoms with Crippen molar-refractivity contribution in [2.24, 2.45) is 0 Å². The smallest absolute Gasteiger partial charge is 0.375 e. The van der Waals surface area contributed by atoms with E-state index in [0.717, 1.165) is 36.2 Å². The second kappa shape index (κ2) is 9.22. The van der Waals surface area contributed by atoms with Gasteiger partial charge in [-0.15, -0.1) is 0 Å². The number of rotatable bonds is 6. The second-order valence-corrected chi connectivity index (χ2v) is 7.75. The molecule has 1 heterocycles. The molecule has 2 aromatic carbocycles. The molecule has 0 saturated heterocycles. The van der Waals surface area contributed by atoms with Gasteiger partial charge in [0.25, 0.3) is 5.60 Å². The number of nitrogens with one attached hydrogen (secondary N) is 1. The van der Waals surface area contributed by atoms with Crippen molar-refractivity contribution in [1.82, 2.24) is 0 Å². The van der Waals surface area contributed by atoms with Crippen LogP contribution < -0.4 is 10.2 Å². The van der Waals surface area contributed by atoms with E-state index in [1.165, 1.54) is 7.11 Å². The van der Waals surface area contributed by atoms with Gasteiger partial charge in [0, 0.05) is 37.1 Å². The Morgan fingerprint density at radius 3 is 2.27 bits per heavy atom. The Kier molecular flexibility index (Phi) is 6.94. The first kappa shape index (κ1) is 24.8. The first-order valence-corrected chi connectivity index (χ1v) is 9.98. The van der Waals surface area contributed by atoms with Crippen molar-refractivity contribution < 1.29 is 41.0 Å². The lowest BCUT2D eigenvalue weighted by molar-refractivity contribution is -0.376. The van der Waals surface area contributed by atoms with Gasteiger partial charge >= 0.3 is 12.4 Å². The Morgan fingerprint density at radius 1 is 1.06 bits per heavy atom. The largest absolute Gasteiger partial charge is 0.430 e. The van der Waals surface area contributed by atoms with E-state index in [-0.39, 0.29) is 19.1 Å². The summed E-state index contributed by atoms with van der Waals surface area (Å²) in [5, 5.41) is 12.2. The molecular formula is C22H22F6N2O3. The molecule has 0 bridgehead atoms. The maximum absolute atomic E-state index is 13.1. The van der Waals surface area contributed by atoms with Crippen LogP contribution in [0.5, 0.6) is 0 Å². The fourth-order valence-electron chi connectivity index (χ4n) is 3.81. The monoisotopic (exact) mass is 476 g/mol. The van der Waals surface area contributed by atoms with Crippen molar-refractivity contribution in [3.8, 4) is 0 Å². The van der Waals surface area contributed by atoms with Gasteiger partial charge in [-0.1, -0.05) is 24.3 Å². The summed E-state index contributed by atoms with van der Waals surface area (Å²) in [5.41, 5.74) is -3.34. The van der Waals surface area contributed by atoms with Crippen LogP contribution >= 0.6 is 0 Å². The lowest BCUT2D eigenvalue weighted by atomic mass is 9.91. The van der Waals surface area contributed by atoms with Crippen molar-refractivity contribution in [3.63, 3.8) is 0 Å². The third kappa shape index (κ3) is 5.09. The molecule has 0 unspecified atom stereocenters. The maximum Gasteiger partial charge on any atom is 0.430 e. The number of alkyl halides is 6. The van der Waals surface area contributed by atoms with Crippen molar-refractivity contribution in [3.05, 3.63) is 59.2 Å². The number of benzene rings is 2. The molecule has 5 nitrogen and oxygen atoms in total. The molecule has 0 aromatic heterocycles. The van der Waals surface area contributed by atoms with E-state index in [4.69, 9.17) is 4.74 Å². The number of aryl methyl sites for hydroxylation is 1. The van der Waals surface area contributed by atoms with Gasteiger partial charge in [-0.2, -0.15) is 26.3 Å². The number of fused-ring (bicyclic) bond motifs is 1. The lowest BCUT2D eigenvalue weighted by Gasteiger charge is -2.33. The molecule has 0 atom stereocenters. The highest BCUT2D eigenvalue weighted by Gasteiger charge is 2.71. The van der Waals surface area contributed by atoms with Crippen LogP contribution in [-0.4, -0.2) is 43.6 Å². The van der Waals surface area contributed by atoms with E-state index in [0.29, 0.717) is 29.9 Å². The normalized spacial score (nSPS) is 14.7. The van der Waals surface area contributed by atoms with Gasteiger partial charge in [-0.05, 0) is 42.2 Å². The number of methoxy groups -OCH3 is 1. The summed E-state index contributed by atoms with van der Waals surface area (Å²) in [6.07, 6.45) is -10.3. The van der Waals surface area contributed by atoms with Crippen LogP contribution in [0.4, 0.5) is 37.7 Å². The van der Waals surface area contributed by atoms with E-state index in [1.807, 2.05) is 11.0 Å². The quantitative estimate of drug-likeness (QED) is 0.602. The number of aliphatic hydroxyl groups is 1. The zero-order valence-corrected chi connectivity index (χ0v) is 17.6. The summed E-state index contributed by atoms with van der Waals surface area (Å²) < 4.78 is 83.2. The number of anilines is 2. The maximum atomic E-state index is 13.1. The topological polar surface area (TPSA) is 61.8 Å². The number of hydrogen-bond donors (Lipinski definition) is 2. The lowest BCUT2D eigenvalue weighted by Crippen LogP contribution is -2.53. The minimum atomic E-state index is -5.92. The van der Waals surface area contributed by atoms with Crippen LogP contribution in [-0.2, 0) is 28.1 Å². The first-order valence-electron chi connectivity index (χ1n) is 9.98. The van der Waals surface area contributed by atoms with Crippen LogP contribution in [0.25, 0.3) is 0 Å². The first-order chi connectivity index (χ1) is 15.4. The number of hydrogen-bond acceptors (Lipinski definition) is 4. The second-order valence-electron chi connectivity index (χ2n) is 7.75. The molecule has 11 heteroatoms. The molecule has 0 radical (unpaired) electrons. The number of amides is 1. The van der Waals surface area contributed by atoms with Crippen molar-refractivity contribution in [2.45, 2.75) is 37.3 Å².